The molecule has 3 aromatic rings. The van der Waals surface area contributed by atoms with Gasteiger partial charge in [-0.1, -0.05) is 47.6 Å². The van der Waals surface area contributed by atoms with Crippen molar-refractivity contribution in [2.24, 2.45) is 4.99 Å². The minimum absolute atomic E-state index is 0.231. The highest BCUT2D eigenvalue weighted by Gasteiger charge is 2.32. The zero-order valence-electron chi connectivity index (χ0n) is 16.4. The van der Waals surface area contributed by atoms with Gasteiger partial charge in [0.25, 0.3) is 5.91 Å². The minimum atomic E-state index is -0.231. The average molecular weight is 466 g/mol. The number of thioether (sulfide) groups is 1. The summed E-state index contributed by atoms with van der Waals surface area (Å²) in [4.78, 5) is 20.4. The quantitative estimate of drug-likeness (QED) is 0.436. The van der Waals surface area contributed by atoms with Crippen LogP contribution in [0.2, 0.25) is 5.02 Å². The molecule has 2 aromatic carbocycles. The van der Waals surface area contributed by atoms with Gasteiger partial charge in [0.2, 0.25) is 0 Å². The van der Waals surface area contributed by atoms with Crippen molar-refractivity contribution in [2.75, 3.05) is 12.0 Å². The first-order valence-electron chi connectivity index (χ1n) is 9.23. The normalized spacial score (nSPS) is 14.6. The molecule has 5 nitrogen and oxygen atoms in total. The summed E-state index contributed by atoms with van der Waals surface area (Å²) in [5.41, 5.74) is 2.44. The maximum atomic E-state index is 13.3. The van der Waals surface area contributed by atoms with Gasteiger partial charge in [-0.25, -0.2) is 4.99 Å². The van der Waals surface area contributed by atoms with E-state index in [2.05, 4.69) is 11.1 Å². The number of amidine groups is 1. The van der Waals surface area contributed by atoms with E-state index in [-0.39, 0.29) is 5.91 Å². The van der Waals surface area contributed by atoms with Crippen LogP contribution in [0, 0.1) is 11.3 Å². The van der Waals surface area contributed by atoms with Gasteiger partial charge in [-0.05, 0) is 47.4 Å². The van der Waals surface area contributed by atoms with Crippen molar-refractivity contribution in [1.29, 1.82) is 5.26 Å². The van der Waals surface area contributed by atoms with Crippen LogP contribution in [-0.4, -0.2) is 18.2 Å². The lowest BCUT2D eigenvalue weighted by molar-refractivity contribution is -0.113. The number of carbonyl (C=O) groups is 1. The fraction of sp³-hybridized carbons (Fsp3) is 0.0870. The molecule has 0 saturated carbocycles. The maximum absolute atomic E-state index is 13.3. The Morgan fingerprint density at radius 2 is 2.10 bits per heavy atom. The van der Waals surface area contributed by atoms with Gasteiger partial charge in [0, 0.05) is 10.6 Å². The molecule has 1 aromatic heterocycles. The van der Waals surface area contributed by atoms with Crippen LogP contribution in [0.4, 0.5) is 5.69 Å². The topological polar surface area (TPSA) is 65.7 Å². The lowest BCUT2D eigenvalue weighted by Gasteiger charge is -2.19. The van der Waals surface area contributed by atoms with Gasteiger partial charge in [-0.3, -0.25) is 9.69 Å². The van der Waals surface area contributed by atoms with E-state index in [0.717, 1.165) is 10.4 Å². The summed E-state index contributed by atoms with van der Waals surface area (Å²) in [6.07, 6.45) is 1.78. The molecule has 0 bridgehead atoms. The summed E-state index contributed by atoms with van der Waals surface area (Å²) in [7, 11) is 1.54. The zero-order valence-corrected chi connectivity index (χ0v) is 18.8. The van der Waals surface area contributed by atoms with E-state index in [0.29, 0.717) is 38.6 Å². The molecule has 0 saturated heterocycles. The lowest BCUT2D eigenvalue weighted by atomic mass is 10.1. The van der Waals surface area contributed by atoms with E-state index in [4.69, 9.17) is 16.3 Å². The Bertz CT molecular complexity index is 1230. The Balaban J connectivity index is 1.69. The summed E-state index contributed by atoms with van der Waals surface area (Å²) < 4.78 is 5.23. The third-order valence-corrected chi connectivity index (χ3v) is 6.64. The molecule has 0 unspecified atom stereocenters. The summed E-state index contributed by atoms with van der Waals surface area (Å²) in [5, 5.41) is 12.2. The van der Waals surface area contributed by atoms with Gasteiger partial charge in [0.1, 0.15) is 11.4 Å². The van der Waals surface area contributed by atoms with Crippen molar-refractivity contribution in [3.05, 3.63) is 86.7 Å². The third-order valence-electron chi connectivity index (χ3n) is 4.54. The standard InChI is InChI=1S/C23H16ClN3O2S2/c1-29-21-9-8-17(11-19(21)24)27-22(28)20(12-18-7-4-10-30-18)26-23(27)31-14-16-6-3-2-5-15(16)13-25/h2-12H,14H2,1H3. The fourth-order valence-corrected chi connectivity index (χ4v) is 4.94. The molecule has 31 heavy (non-hydrogen) atoms. The predicted octanol–water partition coefficient (Wildman–Crippen LogP) is 5.96. The first kappa shape index (κ1) is 21.2. The van der Waals surface area contributed by atoms with E-state index >= 15 is 0 Å². The fourth-order valence-electron chi connectivity index (χ4n) is 3.02. The SMILES string of the molecule is COc1ccc(N2C(=O)C(=Cc3cccs3)N=C2SCc2ccccc2C#N)cc1Cl. The number of methoxy groups -OCH3 is 1. The number of amides is 1. The summed E-state index contributed by atoms with van der Waals surface area (Å²) in [6, 6.07) is 18.6. The van der Waals surface area contributed by atoms with E-state index in [1.54, 1.807) is 42.4 Å². The van der Waals surface area contributed by atoms with Crippen molar-refractivity contribution in [1.82, 2.24) is 0 Å². The summed E-state index contributed by atoms with van der Waals surface area (Å²) in [5.74, 6) is 0.800. The largest absolute Gasteiger partial charge is 0.495 e. The van der Waals surface area contributed by atoms with E-state index < -0.39 is 0 Å². The molecule has 0 N–H and O–H groups in total. The smallest absolute Gasteiger partial charge is 0.283 e. The minimum Gasteiger partial charge on any atom is -0.495 e. The number of halogens is 1. The number of hydrogen-bond acceptors (Lipinski definition) is 6. The van der Waals surface area contributed by atoms with Gasteiger partial charge in [0.05, 0.1) is 29.5 Å². The Hall–Kier alpha value is -3.05. The number of carbonyl (C=O) groups excluding carboxylic acids is 1. The number of nitrogens with zero attached hydrogens (tertiary/aromatic N) is 3. The molecular formula is C23H16ClN3O2S2. The molecule has 4 rings (SSSR count). The second-order valence-electron chi connectivity index (χ2n) is 6.46. The first-order chi connectivity index (χ1) is 15.1. The van der Waals surface area contributed by atoms with Gasteiger partial charge in [-0.2, -0.15) is 5.26 Å². The molecule has 0 aliphatic carbocycles. The number of anilines is 1. The number of thiophene rings is 1. The Labute approximate surface area is 193 Å². The van der Waals surface area contributed by atoms with Crippen molar-refractivity contribution in [3.63, 3.8) is 0 Å². The van der Waals surface area contributed by atoms with Gasteiger partial charge >= 0.3 is 0 Å². The molecule has 2 heterocycles. The molecule has 1 aliphatic heterocycles. The number of benzene rings is 2. The second kappa shape index (κ2) is 9.40. The monoisotopic (exact) mass is 465 g/mol. The number of rotatable bonds is 5. The van der Waals surface area contributed by atoms with Gasteiger partial charge in [0.15, 0.2) is 5.17 Å². The van der Waals surface area contributed by atoms with Crippen LogP contribution < -0.4 is 9.64 Å². The Morgan fingerprint density at radius 1 is 1.26 bits per heavy atom. The van der Waals surface area contributed by atoms with Crippen LogP contribution in [0.15, 0.2) is 70.7 Å². The van der Waals surface area contributed by atoms with Crippen LogP contribution in [0.1, 0.15) is 16.0 Å². The van der Waals surface area contributed by atoms with Crippen molar-refractivity contribution in [2.45, 2.75) is 5.75 Å². The molecule has 8 heteroatoms. The molecule has 1 aliphatic rings. The average Bonchev–Trinajstić information content (AvgIpc) is 3.40. The molecule has 0 spiro atoms. The maximum Gasteiger partial charge on any atom is 0.283 e. The van der Waals surface area contributed by atoms with Gasteiger partial charge < -0.3 is 4.74 Å². The number of hydrogen-bond donors (Lipinski definition) is 0. The zero-order chi connectivity index (χ0) is 21.8. The number of aliphatic imine (C=N–C) groups is 1. The second-order valence-corrected chi connectivity index (χ2v) is 8.79. The van der Waals surface area contributed by atoms with Crippen molar-refractivity contribution < 1.29 is 9.53 Å². The van der Waals surface area contributed by atoms with Crippen molar-refractivity contribution in [3.8, 4) is 11.8 Å². The van der Waals surface area contributed by atoms with Crippen LogP contribution >= 0.6 is 34.7 Å². The first-order valence-corrected chi connectivity index (χ1v) is 11.5. The molecule has 0 radical (unpaired) electrons. The van der Waals surface area contributed by atoms with Crippen LogP contribution in [-0.2, 0) is 10.5 Å². The van der Waals surface area contributed by atoms with Crippen LogP contribution in [0.25, 0.3) is 6.08 Å². The summed E-state index contributed by atoms with van der Waals surface area (Å²) >= 11 is 9.24. The third kappa shape index (κ3) is 4.52. The Kier molecular flexibility index (Phi) is 6.42. The van der Waals surface area contributed by atoms with Crippen LogP contribution in [0.5, 0.6) is 5.75 Å². The number of ether oxygens (including phenoxy) is 1. The Morgan fingerprint density at radius 3 is 2.81 bits per heavy atom. The van der Waals surface area contributed by atoms with Crippen LogP contribution in [0.3, 0.4) is 0 Å². The highest BCUT2D eigenvalue weighted by atomic mass is 35.5. The molecule has 0 atom stereocenters. The van der Waals surface area contributed by atoms with Gasteiger partial charge in [-0.15, -0.1) is 11.3 Å². The molecule has 0 fully saturated rings. The van der Waals surface area contributed by atoms with Crippen molar-refractivity contribution >= 4 is 57.5 Å². The van der Waals surface area contributed by atoms with E-state index in [1.807, 2.05) is 35.7 Å². The summed E-state index contributed by atoms with van der Waals surface area (Å²) in [6.45, 7) is 0. The highest BCUT2D eigenvalue weighted by Crippen LogP contribution is 2.35. The predicted molar refractivity (Wildman–Crippen MR) is 128 cm³/mol. The molecular weight excluding hydrogens is 450 g/mol. The molecule has 1 amide bonds. The van der Waals surface area contributed by atoms with E-state index in [1.165, 1.54) is 23.1 Å². The van der Waals surface area contributed by atoms with E-state index in [9.17, 15) is 10.1 Å². The highest BCUT2D eigenvalue weighted by molar-refractivity contribution is 8.13. The number of nitriles is 1. The lowest BCUT2D eigenvalue weighted by Crippen LogP contribution is -2.30. The molecule has 154 valence electrons.